The fourth-order valence-corrected chi connectivity index (χ4v) is 7.50. The molecule has 230 valence electrons. The average Bonchev–Trinajstić information content (AvgIpc) is 2.90. The molecule has 5 atom stereocenters. The normalized spacial score (nSPS) is 28.6. The third kappa shape index (κ3) is 4.33. The number of fused-ring (bicyclic) bond motifs is 3. The first-order valence-electron chi connectivity index (χ1n) is 14.1. The first kappa shape index (κ1) is 30.6. The van der Waals surface area contributed by atoms with E-state index >= 15 is 0 Å². The van der Waals surface area contributed by atoms with Crippen LogP contribution in [0, 0.1) is 11.8 Å². The maximum atomic E-state index is 14.3. The third-order valence-corrected chi connectivity index (χ3v) is 9.31. The van der Waals surface area contributed by atoms with Crippen molar-refractivity contribution in [2.24, 2.45) is 17.6 Å². The standard InChI is InChI=1S/C32H39N3O8/c1-31(41)25(30(33)40)28(38)26(35(4)5)20-13-16-12-19-17(18-11-15(14-34(2)3)7-10-22(18)43-6)8-9-21(36)24(19)27(37)23(16)29(39)32(20,31)42/h7-11,16,20,26,36-38,41-42H,12-14H2,1-6H3,(H2,33,40)/t16-,20-,26-,31-,32-/m0/s1. The van der Waals surface area contributed by atoms with Crippen molar-refractivity contribution in [3.8, 4) is 22.6 Å². The Morgan fingerprint density at radius 1 is 1.07 bits per heavy atom. The number of carbonyl (C=O) groups excluding carboxylic acids is 2. The molecule has 0 spiro atoms. The maximum absolute atomic E-state index is 14.3. The second-order valence-corrected chi connectivity index (χ2v) is 12.5. The van der Waals surface area contributed by atoms with Crippen molar-refractivity contribution in [3.63, 3.8) is 0 Å². The molecular formula is C32H39N3O8. The van der Waals surface area contributed by atoms with E-state index in [1.165, 1.54) is 6.07 Å². The van der Waals surface area contributed by atoms with E-state index in [0.717, 1.165) is 18.1 Å². The molecule has 2 aromatic carbocycles. The van der Waals surface area contributed by atoms with Crippen molar-refractivity contribution in [2.45, 2.75) is 43.6 Å². The number of likely N-dealkylation sites (N-methyl/N-ethyl adjacent to an activating group) is 1. The predicted octanol–water partition coefficient (Wildman–Crippen LogP) is 1.88. The summed E-state index contributed by atoms with van der Waals surface area (Å²) < 4.78 is 5.68. The Bertz CT molecular complexity index is 1590. The molecule has 1 amide bonds. The van der Waals surface area contributed by atoms with Gasteiger partial charge in [0.05, 0.1) is 24.3 Å². The summed E-state index contributed by atoms with van der Waals surface area (Å²) in [7, 11) is 8.71. The van der Waals surface area contributed by atoms with E-state index in [1.807, 2.05) is 37.2 Å². The van der Waals surface area contributed by atoms with E-state index in [4.69, 9.17) is 10.5 Å². The minimum Gasteiger partial charge on any atom is -0.510 e. The number of ether oxygens (including phenoxy) is 1. The zero-order valence-corrected chi connectivity index (χ0v) is 25.2. The first-order valence-corrected chi connectivity index (χ1v) is 14.1. The highest BCUT2D eigenvalue weighted by Crippen LogP contribution is 2.57. The van der Waals surface area contributed by atoms with Crippen LogP contribution in [-0.2, 0) is 22.6 Å². The van der Waals surface area contributed by atoms with Crippen molar-refractivity contribution in [3.05, 3.63) is 63.9 Å². The van der Waals surface area contributed by atoms with Crippen molar-refractivity contribution in [1.29, 1.82) is 0 Å². The van der Waals surface area contributed by atoms with Gasteiger partial charge in [-0.1, -0.05) is 12.1 Å². The maximum Gasteiger partial charge on any atom is 0.251 e. The van der Waals surface area contributed by atoms with Crippen LogP contribution in [0.25, 0.3) is 16.9 Å². The number of phenolic OH excluding ortho intramolecular Hbond substituents is 1. The number of Topliss-reactive ketones (excluding diaryl/α,β-unsaturated/α-hetero) is 1. The Kier molecular flexibility index (Phi) is 7.37. The third-order valence-electron chi connectivity index (χ3n) is 9.31. The second-order valence-electron chi connectivity index (χ2n) is 12.5. The number of primary amides is 1. The number of nitrogens with zero attached hydrogens (tertiary/aromatic N) is 2. The summed E-state index contributed by atoms with van der Waals surface area (Å²) in [6.07, 6.45) is 0.260. The molecule has 1 saturated carbocycles. The molecule has 0 aliphatic heterocycles. The number of hydrogen-bond donors (Lipinski definition) is 6. The number of nitrogens with two attached hydrogens (primary N) is 1. The zero-order chi connectivity index (χ0) is 31.8. The molecule has 0 heterocycles. The molecular weight excluding hydrogens is 554 g/mol. The number of rotatable bonds is 6. The Morgan fingerprint density at radius 2 is 1.74 bits per heavy atom. The SMILES string of the molecule is COc1ccc(CN(C)C)cc1-c1ccc(O)c2c1C[C@H]1C[C@H]3[C@H](N(C)C)C(O)=C(C(N)=O)[C@](C)(O)[C@@]3(O)C(=O)C1=C2O. The van der Waals surface area contributed by atoms with Gasteiger partial charge in [0.15, 0.2) is 11.4 Å². The number of phenols is 1. The van der Waals surface area contributed by atoms with Gasteiger partial charge in [-0.15, -0.1) is 0 Å². The lowest BCUT2D eigenvalue weighted by Gasteiger charge is -2.56. The summed E-state index contributed by atoms with van der Waals surface area (Å²) in [5.41, 5.74) is 2.62. The lowest BCUT2D eigenvalue weighted by Crippen LogP contribution is -2.73. The van der Waals surface area contributed by atoms with E-state index in [-0.39, 0.29) is 29.7 Å². The smallest absolute Gasteiger partial charge is 0.251 e. The number of aromatic hydroxyl groups is 1. The Balaban J connectivity index is 1.74. The molecule has 1 fully saturated rings. The minimum atomic E-state index is -2.62. The van der Waals surface area contributed by atoms with Crippen LogP contribution in [0.1, 0.15) is 30.0 Å². The molecule has 0 unspecified atom stereocenters. The molecule has 0 bridgehead atoms. The van der Waals surface area contributed by atoms with Gasteiger partial charge in [0.1, 0.15) is 28.6 Å². The van der Waals surface area contributed by atoms with Crippen LogP contribution in [0.2, 0.25) is 0 Å². The van der Waals surface area contributed by atoms with E-state index in [0.29, 0.717) is 23.4 Å². The molecule has 0 saturated heterocycles. The lowest BCUT2D eigenvalue weighted by atomic mass is 9.52. The molecule has 2 aromatic rings. The topological polar surface area (TPSA) is 177 Å². The number of aliphatic hydroxyl groups excluding tert-OH is 2. The number of hydrogen-bond acceptors (Lipinski definition) is 10. The number of amides is 1. The number of aliphatic hydroxyl groups is 4. The zero-order valence-electron chi connectivity index (χ0n) is 25.2. The van der Waals surface area contributed by atoms with Crippen LogP contribution in [-0.4, -0.2) is 99.6 Å². The summed E-state index contributed by atoms with van der Waals surface area (Å²) in [6.45, 7) is 1.73. The highest BCUT2D eigenvalue weighted by molar-refractivity contribution is 6.12. The first-order chi connectivity index (χ1) is 20.1. The molecule has 7 N–H and O–H groups in total. The number of carbonyl (C=O) groups is 2. The van der Waals surface area contributed by atoms with Crippen molar-refractivity contribution >= 4 is 17.4 Å². The van der Waals surface area contributed by atoms with Crippen LogP contribution in [0.4, 0.5) is 0 Å². The lowest BCUT2D eigenvalue weighted by molar-refractivity contribution is -0.194. The monoisotopic (exact) mass is 593 g/mol. The van der Waals surface area contributed by atoms with Crippen LogP contribution in [0.5, 0.6) is 11.5 Å². The number of ketones is 1. The summed E-state index contributed by atoms with van der Waals surface area (Å²) >= 11 is 0. The van der Waals surface area contributed by atoms with Crippen LogP contribution >= 0.6 is 0 Å². The van der Waals surface area contributed by atoms with Gasteiger partial charge in [-0.25, -0.2) is 0 Å². The van der Waals surface area contributed by atoms with E-state index in [1.54, 1.807) is 32.2 Å². The van der Waals surface area contributed by atoms with Crippen molar-refractivity contribution in [2.75, 3.05) is 35.3 Å². The van der Waals surface area contributed by atoms with Crippen LogP contribution in [0.3, 0.4) is 0 Å². The molecule has 11 heteroatoms. The van der Waals surface area contributed by atoms with Crippen molar-refractivity contribution < 1.29 is 39.9 Å². The van der Waals surface area contributed by atoms with Crippen molar-refractivity contribution in [1.82, 2.24) is 9.80 Å². The highest BCUT2D eigenvalue weighted by atomic mass is 16.5. The fraction of sp³-hybridized carbons (Fsp3) is 0.438. The van der Waals surface area contributed by atoms with Crippen LogP contribution in [0.15, 0.2) is 47.2 Å². The Hall–Kier alpha value is -3.90. The molecule has 11 nitrogen and oxygen atoms in total. The molecule has 43 heavy (non-hydrogen) atoms. The van der Waals surface area contributed by atoms with Crippen LogP contribution < -0.4 is 10.5 Å². The van der Waals surface area contributed by atoms with E-state index in [9.17, 15) is 35.1 Å². The molecule has 5 rings (SSSR count). The minimum absolute atomic E-state index is 0.0485. The van der Waals surface area contributed by atoms with E-state index in [2.05, 4.69) is 0 Å². The summed E-state index contributed by atoms with van der Waals surface area (Å²) in [5, 5.41) is 57.5. The highest BCUT2D eigenvalue weighted by Gasteiger charge is 2.69. The van der Waals surface area contributed by atoms with Gasteiger partial charge in [0.2, 0.25) is 0 Å². The van der Waals surface area contributed by atoms with Gasteiger partial charge in [-0.2, -0.15) is 0 Å². The summed E-state index contributed by atoms with van der Waals surface area (Å²) in [6, 6.07) is 7.95. The summed E-state index contributed by atoms with van der Waals surface area (Å²) in [4.78, 5) is 30.3. The molecule has 0 aromatic heterocycles. The van der Waals surface area contributed by atoms with Gasteiger partial charge in [-0.05, 0) is 88.8 Å². The summed E-state index contributed by atoms with van der Waals surface area (Å²) in [5.74, 6) is -4.60. The Morgan fingerprint density at radius 3 is 2.33 bits per heavy atom. The number of methoxy groups -OCH3 is 1. The van der Waals surface area contributed by atoms with Gasteiger partial charge in [-0.3, -0.25) is 14.5 Å². The van der Waals surface area contributed by atoms with E-state index < -0.39 is 57.9 Å². The van der Waals surface area contributed by atoms with Gasteiger partial charge in [0, 0.05) is 23.6 Å². The van der Waals surface area contributed by atoms with Gasteiger partial charge >= 0.3 is 0 Å². The van der Waals surface area contributed by atoms with Gasteiger partial charge < -0.3 is 40.9 Å². The molecule has 3 aliphatic carbocycles. The second kappa shape index (κ2) is 10.4. The molecule has 3 aliphatic rings. The largest absolute Gasteiger partial charge is 0.510 e. The Labute approximate surface area is 250 Å². The quantitative estimate of drug-likeness (QED) is 0.290. The predicted molar refractivity (Wildman–Crippen MR) is 159 cm³/mol. The number of benzene rings is 2. The van der Waals surface area contributed by atoms with Gasteiger partial charge in [0.25, 0.3) is 5.91 Å². The fourth-order valence-electron chi connectivity index (χ4n) is 7.50. The molecule has 0 radical (unpaired) electrons. The average molecular weight is 594 g/mol.